The number of carboxylic acid groups (broad SMARTS) is 1. The smallest absolute Gasteiger partial charge is 0.325 e. The Balaban J connectivity index is 2.53. The molecule has 8 nitrogen and oxygen atoms in total. The van der Waals surface area contributed by atoms with Crippen LogP contribution in [0.25, 0.3) is 16.6 Å². The number of benzene rings is 1. The second kappa shape index (κ2) is 5.31. The van der Waals surface area contributed by atoms with Crippen LogP contribution in [0.4, 0.5) is 0 Å². The molecule has 2 heterocycles. The number of hydrogen-bond donors (Lipinski definition) is 1. The molecule has 120 valence electrons. The molecule has 1 aromatic carbocycles. The van der Waals surface area contributed by atoms with E-state index < -0.39 is 5.97 Å². The zero-order valence-electron chi connectivity index (χ0n) is 12.9. The maximum atomic E-state index is 11.8. The first kappa shape index (κ1) is 14.9. The minimum Gasteiger partial charge on any atom is -0.493 e. The molecular weight excluding hydrogens is 302 g/mol. The molecule has 0 aliphatic carbocycles. The Morgan fingerprint density at radius 1 is 1.22 bits per heavy atom. The van der Waals surface area contributed by atoms with Gasteiger partial charge < -0.3 is 14.6 Å². The summed E-state index contributed by atoms with van der Waals surface area (Å²) in [4.78, 5) is 27.0. The monoisotopic (exact) mass is 317 g/mol. The lowest BCUT2D eigenvalue weighted by Crippen LogP contribution is -2.18. The molecule has 0 fully saturated rings. The lowest BCUT2D eigenvalue weighted by Gasteiger charge is -2.09. The van der Waals surface area contributed by atoms with E-state index in [0.29, 0.717) is 33.7 Å². The molecule has 0 atom stereocenters. The van der Waals surface area contributed by atoms with E-state index in [2.05, 4.69) is 4.98 Å². The summed E-state index contributed by atoms with van der Waals surface area (Å²) < 4.78 is 13.7. The van der Waals surface area contributed by atoms with E-state index in [1.807, 2.05) is 0 Å². The normalized spacial score (nSPS) is 11.1. The fraction of sp³-hybridized carbons (Fsp3) is 0.267. The van der Waals surface area contributed by atoms with Crippen LogP contribution in [0.3, 0.4) is 0 Å². The van der Waals surface area contributed by atoms with Gasteiger partial charge in [0.05, 0.1) is 19.7 Å². The predicted octanol–water partition coefficient (Wildman–Crippen LogP) is 1.06. The number of aliphatic carboxylic acids is 1. The van der Waals surface area contributed by atoms with Crippen molar-refractivity contribution in [3.05, 3.63) is 34.2 Å². The van der Waals surface area contributed by atoms with Crippen LogP contribution in [0.1, 0.15) is 5.69 Å². The fourth-order valence-corrected chi connectivity index (χ4v) is 2.72. The summed E-state index contributed by atoms with van der Waals surface area (Å²) in [5.41, 5.74) is 1.18. The van der Waals surface area contributed by atoms with Gasteiger partial charge in [-0.3, -0.25) is 14.3 Å². The molecule has 0 saturated heterocycles. The summed E-state index contributed by atoms with van der Waals surface area (Å²) >= 11 is 0. The second-order valence-corrected chi connectivity index (χ2v) is 5.05. The van der Waals surface area contributed by atoms with Crippen molar-refractivity contribution in [2.24, 2.45) is 0 Å². The number of carbonyl (C=O) groups is 1. The third kappa shape index (κ3) is 2.28. The van der Waals surface area contributed by atoms with Gasteiger partial charge in [0.25, 0.3) is 5.56 Å². The highest BCUT2D eigenvalue weighted by atomic mass is 16.5. The first-order valence-corrected chi connectivity index (χ1v) is 6.83. The van der Waals surface area contributed by atoms with Crippen LogP contribution in [-0.4, -0.2) is 39.5 Å². The highest BCUT2D eigenvalue weighted by molar-refractivity contribution is 5.95. The Morgan fingerprint density at radius 2 is 1.87 bits per heavy atom. The average Bonchev–Trinajstić information content (AvgIpc) is 2.78. The molecule has 8 heteroatoms. The summed E-state index contributed by atoms with van der Waals surface area (Å²) in [6.45, 7) is 1.45. The third-order valence-corrected chi connectivity index (χ3v) is 3.63. The number of aryl methyl sites for hydroxylation is 1. The SMILES string of the molecule is COc1cc2c(cc1OC)n(CC(=O)O)n1c(C)cc(=O)nc21. The number of methoxy groups -OCH3 is 2. The van der Waals surface area contributed by atoms with Crippen LogP contribution in [-0.2, 0) is 11.3 Å². The Labute approximate surface area is 130 Å². The minimum atomic E-state index is -1.00. The Morgan fingerprint density at radius 3 is 2.48 bits per heavy atom. The van der Waals surface area contributed by atoms with Crippen molar-refractivity contribution in [3.8, 4) is 11.5 Å². The van der Waals surface area contributed by atoms with Gasteiger partial charge in [0.1, 0.15) is 6.54 Å². The molecular formula is C15H15N3O5. The Bertz CT molecular complexity index is 986. The van der Waals surface area contributed by atoms with Crippen LogP contribution in [0.15, 0.2) is 23.0 Å². The van der Waals surface area contributed by atoms with Gasteiger partial charge in [0, 0.05) is 23.2 Å². The third-order valence-electron chi connectivity index (χ3n) is 3.63. The molecule has 0 spiro atoms. The van der Waals surface area contributed by atoms with E-state index in [1.165, 1.54) is 25.0 Å². The molecule has 3 rings (SSSR count). The summed E-state index contributed by atoms with van der Waals surface area (Å²) in [6, 6.07) is 4.72. The summed E-state index contributed by atoms with van der Waals surface area (Å²) in [5.74, 6) is -0.0579. The van der Waals surface area contributed by atoms with Crippen molar-refractivity contribution in [3.63, 3.8) is 0 Å². The lowest BCUT2D eigenvalue weighted by molar-refractivity contribution is -0.137. The van der Waals surface area contributed by atoms with Gasteiger partial charge in [0.15, 0.2) is 17.1 Å². The number of ether oxygens (including phenoxy) is 2. The zero-order chi connectivity index (χ0) is 16.7. The molecule has 0 aliphatic heterocycles. The topological polar surface area (TPSA) is 95.1 Å². The molecule has 3 aromatic rings. The first-order chi connectivity index (χ1) is 11.0. The molecule has 0 bridgehead atoms. The fourth-order valence-electron chi connectivity index (χ4n) is 2.72. The van der Waals surface area contributed by atoms with Crippen LogP contribution in [0.5, 0.6) is 11.5 Å². The number of fused-ring (bicyclic) bond motifs is 3. The van der Waals surface area contributed by atoms with Crippen molar-refractivity contribution in [1.82, 2.24) is 14.2 Å². The largest absolute Gasteiger partial charge is 0.493 e. The van der Waals surface area contributed by atoms with E-state index in [9.17, 15) is 14.7 Å². The van der Waals surface area contributed by atoms with Gasteiger partial charge in [-0.1, -0.05) is 0 Å². The standard InChI is InChI=1S/C15H15N3O5/c1-8-4-13(19)16-15-9-5-11(22-2)12(23-3)6-10(9)17(18(8)15)7-14(20)21/h4-6H,7H2,1-3H3,(H,20,21). The minimum absolute atomic E-state index is 0.277. The highest BCUT2D eigenvalue weighted by Gasteiger charge is 2.18. The summed E-state index contributed by atoms with van der Waals surface area (Å²) in [7, 11) is 3.01. The number of rotatable bonds is 4. The van der Waals surface area contributed by atoms with Gasteiger partial charge in [-0.05, 0) is 13.0 Å². The van der Waals surface area contributed by atoms with Crippen molar-refractivity contribution in [2.75, 3.05) is 14.2 Å². The maximum Gasteiger partial charge on any atom is 0.325 e. The van der Waals surface area contributed by atoms with Gasteiger partial charge in [-0.25, -0.2) is 4.52 Å². The second-order valence-electron chi connectivity index (χ2n) is 5.05. The lowest BCUT2D eigenvalue weighted by atomic mass is 10.2. The van der Waals surface area contributed by atoms with Crippen LogP contribution < -0.4 is 15.0 Å². The van der Waals surface area contributed by atoms with E-state index in [4.69, 9.17) is 9.47 Å². The quantitative estimate of drug-likeness (QED) is 0.773. The highest BCUT2D eigenvalue weighted by Crippen LogP contribution is 2.34. The molecule has 0 aliphatic rings. The summed E-state index contributed by atoms with van der Waals surface area (Å²) in [5, 5.41) is 9.82. The molecule has 1 N–H and O–H groups in total. The average molecular weight is 317 g/mol. The number of hydrogen-bond acceptors (Lipinski definition) is 5. The molecule has 23 heavy (non-hydrogen) atoms. The zero-order valence-corrected chi connectivity index (χ0v) is 12.9. The first-order valence-electron chi connectivity index (χ1n) is 6.83. The Kier molecular flexibility index (Phi) is 3.44. The molecule has 0 saturated carbocycles. The van der Waals surface area contributed by atoms with Crippen LogP contribution in [0, 0.1) is 6.92 Å². The molecule has 2 aromatic heterocycles. The molecule has 0 amide bonds. The van der Waals surface area contributed by atoms with E-state index in [-0.39, 0.29) is 12.1 Å². The van der Waals surface area contributed by atoms with Crippen molar-refractivity contribution < 1.29 is 19.4 Å². The molecule has 0 unspecified atom stereocenters. The van der Waals surface area contributed by atoms with Gasteiger partial charge in [0.2, 0.25) is 0 Å². The number of carboxylic acids is 1. The van der Waals surface area contributed by atoms with Crippen molar-refractivity contribution in [2.45, 2.75) is 13.5 Å². The van der Waals surface area contributed by atoms with E-state index in [1.54, 1.807) is 23.6 Å². The van der Waals surface area contributed by atoms with Gasteiger partial charge in [-0.2, -0.15) is 4.98 Å². The van der Waals surface area contributed by atoms with E-state index >= 15 is 0 Å². The summed E-state index contributed by atoms with van der Waals surface area (Å²) in [6.07, 6.45) is 0. The van der Waals surface area contributed by atoms with Crippen molar-refractivity contribution in [1.29, 1.82) is 0 Å². The van der Waals surface area contributed by atoms with Gasteiger partial charge >= 0.3 is 5.97 Å². The van der Waals surface area contributed by atoms with Crippen LogP contribution in [0.2, 0.25) is 0 Å². The number of aromatic nitrogens is 3. The molecule has 0 radical (unpaired) electrons. The van der Waals surface area contributed by atoms with Gasteiger partial charge in [-0.15, -0.1) is 0 Å². The maximum absolute atomic E-state index is 11.8. The van der Waals surface area contributed by atoms with Crippen molar-refractivity contribution >= 4 is 22.5 Å². The number of nitrogens with zero attached hydrogens (tertiary/aromatic N) is 3. The Hall–Kier alpha value is -3.03. The van der Waals surface area contributed by atoms with Crippen LogP contribution >= 0.6 is 0 Å². The predicted molar refractivity (Wildman–Crippen MR) is 82.4 cm³/mol. The van der Waals surface area contributed by atoms with E-state index in [0.717, 1.165) is 0 Å².